The summed E-state index contributed by atoms with van der Waals surface area (Å²) in [6.45, 7) is 7.56. The third-order valence-corrected chi connectivity index (χ3v) is 1.79. The van der Waals surface area contributed by atoms with Crippen LogP contribution in [-0.2, 0) is 0 Å². The van der Waals surface area contributed by atoms with Gasteiger partial charge in [-0.15, -0.1) is 0 Å². The molecule has 0 aromatic heterocycles. The smallest absolute Gasteiger partial charge is 0.0266 e. The molecule has 0 saturated carbocycles. The topological polar surface area (TPSA) is 12.4 Å². The van der Waals surface area contributed by atoms with Crippen molar-refractivity contribution in [2.75, 3.05) is 0 Å². The molecule has 0 amide bonds. The summed E-state index contributed by atoms with van der Waals surface area (Å²) in [6.07, 6.45) is 3.68. The molecule has 0 bridgehead atoms. The minimum atomic E-state index is 1.21. The van der Waals surface area contributed by atoms with Gasteiger partial charge in [0, 0.05) is 6.20 Å². The highest BCUT2D eigenvalue weighted by atomic mass is 14.6. The number of hydrogen-bond acceptors (Lipinski definition) is 1. The molecule has 0 radical (unpaired) electrons. The van der Waals surface area contributed by atoms with Crippen molar-refractivity contribution in [2.45, 2.75) is 13.8 Å². The van der Waals surface area contributed by atoms with Gasteiger partial charge in [0.15, 0.2) is 0 Å². The Balaban J connectivity index is 3.04. The molecule has 1 nitrogen and oxygen atoms in total. The zero-order valence-electron chi connectivity index (χ0n) is 7.54. The zero-order valence-corrected chi connectivity index (χ0v) is 7.54. The molecule has 0 heterocycles. The fourth-order valence-electron chi connectivity index (χ4n) is 1.07. The average molecular weight is 159 g/mol. The van der Waals surface area contributed by atoms with Crippen molar-refractivity contribution in [1.82, 2.24) is 0 Å². The number of hydrogen-bond donors (Lipinski definition) is 0. The van der Waals surface area contributed by atoms with E-state index in [1.54, 1.807) is 6.20 Å². The first-order chi connectivity index (χ1) is 5.74. The second kappa shape index (κ2) is 3.86. The molecule has 1 heteroatoms. The Morgan fingerprint density at radius 1 is 1.33 bits per heavy atom. The number of rotatable bonds is 2. The molecule has 0 aliphatic carbocycles. The van der Waals surface area contributed by atoms with Gasteiger partial charge in [0.05, 0.1) is 0 Å². The minimum Gasteiger partial charge on any atom is -0.272 e. The Kier molecular flexibility index (Phi) is 2.81. The molecule has 0 spiro atoms. The SMILES string of the molecule is C=N/C=C\c1cc(C)ccc1C. The summed E-state index contributed by atoms with van der Waals surface area (Å²) >= 11 is 0. The molecule has 0 aliphatic heterocycles. The predicted octanol–water partition coefficient (Wildman–Crippen LogP) is 2.97. The van der Waals surface area contributed by atoms with Crippen molar-refractivity contribution in [3.8, 4) is 0 Å². The van der Waals surface area contributed by atoms with Gasteiger partial charge in [-0.25, -0.2) is 0 Å². The first kappa shape index (κ1) is 8.72. The standard InChI is InChI=1S/C11H13N/c1-9-4-5-10(2)11(8-9)6-7-12-3/h4-8H,3H2,1-2H3/b7-6-. The highest BCUT2D eigenvalue weighted by Gasteiger charge is 1.92. The molecular formula is C11H13N. The van der Waals surface area contributed by atoms with Gasteiger partial charge in [0.1, 0.15) is 0 Å². The highest BCUT2D eigenvalue weighted by molar-refractivity contribution is 5.55. The maximum Gasteiger partial charge on any atom is 0.0266 e. The normalized spacial score (nSPS) is 10.5. The van der Waals surface area contributed by atoms with E-state index in [2.05, 4.69) is 43.8 Å². The molecular weight excluding hydrogens is 146 g/mol. The van der Waals surface area contributed by atoms with Gasteiger partial charge in [-0.1, -0.05) is 23.8 Å². The van der Waals surface area contributed by atoms with Crippen molar-refractivity contribution in [1.29, 1.82) is 0 Å². The lowest BCUT2D eigenvalue weighted by Gasteiger charge is -2.00. The first-order valence-electron chi connectivity index (χ1n) is 3.93. The molecule has 1 aromatic carbocycles. The number of aliphatic imine (C=N–C) groups is 1. The van der Waals surface area contributed by atoms with E-state index in [4.69, 9.17) is 0 Å². The third-order valence-electron chi connectivity index (χ3n) is 1.79. The Morgan fingerprint density at radius 2 is 2.08 bits per heavy atom. The zero-order chi connectivity index (χ0) is 8.97. The van der Waals surface area contributed by atoms with E-state index in [-0.39, 0.29) is 0 Å². The average Bonchev–Trinajstić information content (AvgIpc) is 2.07. The second-order valence-corrected chi connectivity index (χ2v) is 2.86. The van der Waals surface area contributed by atoms with Crippen LogP contribution in [0.3, 0.4) is 0 Å². The van der Waals surface area contributed by atoms with Crippen LogP contribution in [-0.4, -0.2) is 6.72 Å². The molecule has 0 fully saturated rings. The third kappa shape index (κ3) is 2.06. The molecule has 0 atom stereocenters. The summed E-state index contributed by atoms with van der Waals surface area (Å²) in [6, 6.07) is 6.35. The van der Waals surface area contributed by atoms with Crippen LogP contribution in [0.2, 0.25) is 0 Å². The van der Waals surface area contributed by atoms with Crippen LogP contribution in [0.5, 0.6) is 0 Å². The lowest BCUT2D eigenvalue weighted by molar-refractivity contribution is 1.37. The molecule has 62 valence electrons. The number of aryl methyl sites for hydroxylation is 2. The number of nitrogens with zero attached hydrogens (tertiary/aromatic N) is 1. The Hall–Kier alpha value is -1.37. The minimum absolute atomic E-state index is 1.21. The van der Waals surface area contributed by atoms with E-state index in [0.717, 1.165) is 0 Å². The molecule has 0 N–H and O–H groups in total. The van der Waals surface area contributed by atoms with Crippen LogP contribution in [0.15, 0.2) is 29.4 Å². The largest absolute Gasteiger partial charge is 0.272 e. The van der Waals surface area contributed by atoms with Gasteiger partial charge in [-0.2, -0.15) is 0 Å². The molecule has 0 aliphatic rings. The summed E-state index contributed by atoms with van der Waals surface area (Å²) in [5.74, 6) is 0. The van der Waals surface area contributed by atoms with Crippen LogP contribution in [0.25, 0.3) is 6.08 Å². The molecule has 1 aromatic rings. The fraction of sp³-hybridized carbons (Fsp3) is 0.182. The van der Waals surface area contributed by atoms with Crippen molar-refractivity contribution >= 4 is 12.8 Å². The Labute approximate surface area is 73.5 Å². The summed E-state index contributed by atoms with van der Waals surface area (Å²) in [4.78, 5) is 3.67. The Bertz CT molecular complexity index is 311. The van der Waals surface area contributed by atoms with Crippen molar-refractivity contribution < 1.29 is 0 Å². The fourth-order valence-corrected chi connectivity index (χ4v) is 1.07. The first-order valence-corrected chi connectivity index (χ1v) is 3.93. The number of benzene rings is 1. The molecule has 12 heavy (non-hydrogen) atoms. The van der Waals surface area contributed by atoms with Gasteiger partial charge >= 0.3 is 0 Å². The van der Waals surface area contributed by atoms with Gasteiger partial charge in [-0.05, 0) is 37.8 Å². The molecule has 0 unspecified atom stereocenters. The maximum atomic E-state index is 3.67. The van der Waals surface area contributed by atoms with E-state index in [1.165, 1.54) is 16.7 Å². The molecule has 1 rings (SSSR count). The monoisotopic (exact) mass is 159 g/mol. The molecule has 0 saturated heterocycles. The van der Waals surface area contributed by atoms with Crippen molar-refractivity contribution in [3.05, 3.63) is 41.1 Å². The van der Waals surface area contributed by atoms with E-state index >= 15 is 0 Å². The van der Waals surface area contributed by atoms with E-state index in [1.807, 2.05) is 6.08 Å². The van der Waals surface area contributed by atoms with E-state index < -0.39 is 0 Å². The van der Waals surface area contributed by atoms with E-state index in [9.17, 15) is 0 Å². The predicted molar refractivity (Wildman–Crippen MR) is 54.5 cm³/mol. The van der Waals surface area contributed by atoms with Crippen LogP contribution >= 0.6 is 0 Å². The van der Waals surface area contributed by atoms with Crippen LogP contribution < -0.4 is 0 Å². The van der Waals surface area contributed by atoms with Gasteiger partial charge in [0.25, 0.3) is 0 Å². The maximum absolute atomic E-state index is 3.67. The van der Waals surface area contributed by atoms with E-state index in [0.29, 0.717) is 0 Å². The van der Waals surface area contributed by atoms with Crippen molar-refractivity contribution in [3.63, 3.8) is 0 Å². The second-order valence-electron chi connectivity index (χ2n) is 2.86. The highest BCUT2D eigenvalue weighted by Crippen LogP contribution is 2.11. The van der Waals surface area contributed by atoms with Gasteiger partial charge in [0.2, 0.25) is 0 Å². The summed E-state index contributed by atoms with van der Waals surface area (Å²) in [5.41, 5.74) is 3.74. The quantitative estimate of drug-likeness (QED) is 0.588. The Morgan fingerprint density at radius 3 is 2.75 bits per heavy atom. The van der Waals surface area contributed by atoms with Crippen LogP contribution in [0.4, 0.5) is 0 Å². The van der Waals surface area contributed by atoms with Crippen LogP contribution in [0, 0.1) is 13.8 Å². The summed E-state index contributed by atoms with van der Waals surface area (Å²) in [5, 5.41) is 0. The lowest BCUT2D eigenvalue weighted by atomic mass is 10.1. The van der Waals surface area contributed by atoms with Gasteiger partial charge < -0.3 is 0 Å². The van der Waals surface area contributed by atoms with Crippen molar-refractivity contribution in [2.24, 2.45) is 4.99 Å². The lowest BCUT2D eigenvalue weighted by Crippen LogP contribution is -1.81. The van der Waals surface area contributed by atoms with Gasteiger partial charge in [-0.3, -0.25) is 4.99 Å². The summed E-state index contributed by atoms with van der Waals surface area (Å²) < 4.78 is 0. The summed E-state index contributed by atoms with van der Waals surface area (Å²) in [7, 11) is 0. The van der Waals surface area contributed by atoms with Crippen LogP contribution in [0.1, 0.15) is 16.7 Å².